The van der Waals surface area contributed by atoms with Crippen molar-refractivity contribution in [2.75, 3.05) is 47.5 Å². The molecule has 0 radical (unpaired) electrons. The van der Waals surface area contributed by atoms with Crippen molar-refractivity contribution in [2.24, 2.45) is 0 Å². The van der Waals surface area contributed by atoms with Crippen molar-refractivity contribution in [1.29, 1.82) is 0 Å². The minimum Gasteiger partial charge on any atom is -0.462 e. The molecule has 0 fully saturated rings. The number of nitrogens with zero attached hydrogens (tertiary/aromatic N) is 1. The highest BCUT2D eigenvalue weighted by Crippen LogP contribution is 2.43. The summed E-state index contributed by atoms with van der Waals surface area (Å²) in [5.41, 5.74) is 0. The Labute approximate surface area is 513 Å². The van der Waals surface area contributed by atoms with Gasteiger partial charge in [-0.3, -0.25) is 18.6 Å². The Bertz CT molecular complexity index is 2170. The molecule has 10 heteroatoms. The zero-order chi connectivity index (χ0) is 61.2. The van der Waals surface area contributed by atoms with Crippen LogP contribution in [0.25, 0.3) is 0 Å². The Kier molecular flexibility index (Phi) is 58.1. The van der Waals surface area contributed by atoms with Crippen molar-refractivity contribution < 1.29 is 42.1 Å². The van der Waals surface area contributed by atoms with E-state index in [1.54, 1.807) is 0 Å². The quantitative estimate of drug-likeness (QED) is 0.0211. The molecule has 0 saturated heterocycles. The van der Waals surface area contributed by atoms with Gasteiger partial charge in [0.05, 0.1) is 27.7 Å². The number of hydrogen-bond acceptors (Lipinski definition) is 7. The molecule has 0 rings (SSSR count). The summed E-state index contributed by atoms with van der Waals surface area (Å²) >= 11 is 0. The largest absolute Gasteiger partial charge is 0.472 e. The summed E-state index contributed by atoms with van der Waals surface area (Å²) in [5.74, 6) is -0.904. The molecule has 0 spiro atoms. The third-order valence-corrected chi connectivity index (χ3v) is 13.3. The molecule has 9 nitrogen and oxygen atoms in total. The predicted octanol–water partition coefficient (Wildman–Crippen LogP) is 20.7. The van der Waals surface area contributed by atoms with E-state index in [1.165, 1.54) is 0 Å². The van der Waals surface area contributed by atoms with E-state index in [1.807, 2.05) is 21.1 Å². The number of quaternary nitrogens is 1. The van der Waals surface area contributed by atoms with Gasteiger partial charge in [0.25, 0.3) is 0 Å². The first-order valence-electron chi connectivity index (χ1n) is 31.8. The Balaban J connectivity index is 4.30. The molecule has 2 unspecified atom stereocenters. The predicted molar refractivity (Wildman–Crippen MR) is 361 cm³/mol. The van der Waals surface area contributed by atoms with Crippen LogP contribution in [0, 0.1) is 0 Å². The molecular weight excluding hydrogens is 1060 g/mol. The highest BCUT2D eigenvalue weighted by Gasteiger charge is 2.27. The molecular formula is C74H115NO8P+. The maximum Gasteiger partial charge on any atom is 0.472 e. The summed E-state index contributed by atoms with van der Waals surface area (Å²) in [6.45, 7) is 4.08. The second-order valence-corrected chi connectivity index (χ2v) is 22.8. The van der Waals surface area contributed by atoms with Crippen LogP contribution in [0.2, 0.25) is 0 Å². The van der Waals surface area contributed by atoms with E-state index < -0.39 is 32.5 Å². The van der Waals surface area contributed by atoms with E-state index in [9.17, 15) is 19.0 Å². The summed E-state index contributed by atoms with van der Waals surface area (Å²) in [6.07, 6.45) is 99.1. The fraction of sp³-hybridized carbons (Fsp3) is 0.514. The van der Waals surface area contributed by atoms with Gasteiger partial charge in [-0.25, -0.2) is 4.57 Å². The first-order chi connectivity index (χ1) is 41.0. The second kappa shape index (κ2) is 62.1. The first-order valence-corrected chi connectivity index (χ1v) is 33.3. The van der Waals surface area contributed by atoms with Gasteiger partial charge in [-0.05, 0) is 141 Å². The van der Waals surface area contributed by atoms with Gasteiger partial charge in [0, 0.05) is 12.8 Å². The normalized spacial score (nSPS) is 14.6. The highest BCUT2D eigenvalue weighted by molar-refractivity contribution is 7.47. The lowest BCUT2D eigenvalue weighted by molar-refractivity contribution is -0.870. The standard InChI is InChI=1S/C74H114NO8P/c1-6-8-10-12-14-16-18-20-22-24-26-28-30-31-32-33-34-35-36-37-38-39-40-41-42-43-45-47-49-51-53-55-57-59-61-63-65-67-74(77)83-72(71-82-84(78,79)81-69-68-75(3,4)5)70-80-73(76)66-64-62-60-58-56-54-52-50-48-46-44-29-27-25-23-21-19-17-15-13-11-9-7-2/h8-11,14-17,20-23,26-29,31-32,34-35,37-38,40-41,43,45-46,48-49,51-52,54,58,60,72H,6-7,12-13,18-19,24-25,30,33,36,39,42,44,47,50,53,55-57,59,61-71H2,1-5H3/p+1/b10-8-,11-9-,16-14-,17-15-,22-20-,23-21-,28-26-,29-27-,32-31-,35-34-,38-37-,41-40-,45-43-,48-46-,51-49-,54-52-,60-58-. The van der Waals surface area contributed by atoms with Crippen LogP contribution in [0.4, 0.5) is 0 Å². The Morgan fingerprint density at radius 3 is 0.988 bits per heavy atom. The number of allylic oxidation sites excluding steroid dienone is 34. The number of hydrogen-bond donors (Lipinski definition) is 1. The molecule has 0 saturated carbocycles. The zero-order valence-corrected chi connectivity index (χ0v) is 53.9. The van der Waals surface area contributed by atoms with Crippen LogP contribution in [-0.2, 0) is 32.7 Å². The van der Waals surface area contributed by atoms with Gasteiger partial charge in [-0.1, -0.05) is 246 Å². The Morgan fingerprint density at radius 1 is 0.369 bits per heavy atom. The summed E-state index contributed by atoms with van der Waals surface area (Å²) < 4.78 is 34.5. The first kappa shape index (κ1) is 78.6. The zero-order valence-electron chi connectivity index (χ0n) is 53.0. The summed E-state index contributed by atoms with van der Waals surface area (Å²) in [6, 6.07) is 0. The Morgan fingerprint density at radius 2 is 0.655 bits per heavy atom. The molecule has 0 heterocycles. The summed E-state index contributed by atoms with van der Waals surface area (Å²) in [4.78, 5) is 35.7. The van der Waals surface area contributed by atoms with Crippen LogP contribution in [0.1, 0.15) is 194 Å². The lowest BCUT2D eigenvalue weighted by atomic mass is 10.1. The molecule has 0 aromatic heterocycles. The topological polar surface area (TPSA) is 108 Å². The fourth-order valence-corrected chi connectivity index (χ4v) is 8.24. The minimum atomic E-state index is -4.42. The van der Waals surface area contributed by atoms with Crippen LogP contribution in [-0.4, -0.2) is 74.9 Å². The number of esters is 2. The van der Waals surface area contributed by atoms with Gasteiger partial charge in [0.1, 0.15) is 19.8 Å². The second-order valence-electron chi connectivity index (χ2n) is 21.3. The van der Waals surface area contributed by atoms with Gasteiger partial charge >= 0.3 is 19.8 Å². The molecule has 84 heavy (non-hydrogen) atoms. The lowest BCUT2D eigenvalue weighted by Gasteiger charge is -2.24. The van der Waals surface area contributed by atoms with Crippen LogP contribution in [0.15, 0.2) is 207 Å². The van der Waals surface area contributed by atoms with Crippen molar-refractivity contribution >= 4 is 19.8 Å². The SMILES string of the molecule is CC/C=C\C/C=C\C/C=C\C/C=C\C/C=C\C/C=C\C/C=C\C/C=C\C/C=C\C/C=C\CCCCCCCCC(=O)OC(COC(=O)CCC/C=C\C/C=C\C/C=C\C/C=C\C/C=C\C/C=C\C/C=C\CC)COP(=O)(O)OCC[N+](C)(C)C. The van der Waals surface area contributed by atoms with E-state index in [0.29, 0.717) is 23.9 Å². The molecule has 0 amide bonds. The summed E-state index contributed by atoms with van der Waals surface area (Å²) in [7, 11) is 1.40. The van der Waals surface area contributed by atoms with Gasteiger partial charge in [0.15, 0.2) is 6.10 Å². The molecule has 2 atom stereocenters. The van der Waals surface area contributed by atoms with Crippen molar-refractivity contribution in [3.8, 4) is 0 Å². The van der Waals surface area contributed by atoms with Crippen LogP contribution < -0.4 is 0 Å². The number of ether oxygens (including phenoxy) is 2. The van der Waals surface area contributed by atoms with Gasteiger partial charge < -0.3 is 18.9 Å². The number of phosphoric ester groups is 1. The average Bonchev–Trinajstić information content (AvgIpc) is 3.61. The number of phosphoric acid groups is 1. The summed E-state index contributed by atoms with van der Waals surface area (Å²) in [5, 5.41) is 0. The number of carbonyl (C=O) groups is 2. The molecule has 1 N–H and O–H groups in total. The number of unbranched alkanes of at least 4 members (excludes halogenated alkanes) is 7. The van der Waals surface area contributed by atoms with Crippen LogP contribution >= 0.6 is 7.82 Å². The van der Waals surface area contributed by atoms with Crippen LogP contribution in [0.5, 0.6) is 0 Å². The van der Waals surface area contributed by atoms with Gasteiger partial charge in [-0.2, -0.15) is 0 Å². The monoisotopic (exact) mass is 1180 g/mol. The minimum absolute atomic E-state index is 0.00662. The van der Waals surface area contributed by atoms with E-state index in [2.05, 4.69) is 220 Å². The van der Waals surface area contributed by atoms with Crippen molar-refractivity contribution in [3.63, 3.8) is 0 Å². The average molecular weight is 1180 g/mol. The maximum atomic E-state index is 12.8. The van der Waals surface area contributed by atoms with E-state index in [4.69, 9.17) is 18.5 Å². The molecule has 0 aliphatic carbocycles. The van der Waals surface area contributed by atoms with E-state index >= 15 is 0 Å². The number of likely N-dealkylation sites (N-methyl/N-ethyl adjacent to an activating group) is 1. The molecule has 0 bridgehead atoms. The van der Waals surface area contributed by atoms with Crippen molar-refractivity contribution in [2.45, 2.75) is 200 Å². The lowest BCUT2D eigenvalue weighted by Crippen LogP contribution is -2.37. The maximum absolute atomic E-state index is 12.8. The highest BCUT2D eigenvalue weighted by atomic mass is 31.2. The third-order valence-electron chi connectivity index (χ3n) is 12.3. The number of carbonyl (C=O) groups excluding carboxylic acids is 2. The fourth-order valence-electron chi connectivity index (χ4n) is 7.50. The van der Waals surface area contributed by atoms with Gasteiger partial charge in [0.2, 0.25) is 0 Å². The van der Waals surface area contributed by atoms with E-state index in [-0.39, 0.29) is 26.1 Å². The van der Waals surface area contributed by atoms with E-state index in [0.717, 1.165) is 154 Å². The molecule has 0 aliphatic heterocycles. The number of rotatable bonds is 55. The molecule has 0 aromatic carbocycles. The molecule has 468 valence electrons. The Hall–Kier alpha value is -5.41. The molecule has 0 aromatic rings. The molecule has 0 aliphatic rings. The smallest absolute Gasteiger partial charge is 0.462 e. The van der Waals surface area contributed by atoms with Crippen molar-refractivity contribution in [3.05, 3.63) is 207 Å². The van der Waals surface area contributed by atoms with Crippen LogP contribution in [0.3, 0.4) is 0 Å². The van der Waals surface area contributed by atoms with Gasteiger partial charge in [-0.15, -0.1) is 0 Å². The third kappa shape index (κ3) is 65.7. The van der Waals surface area contributed by atoms with Crippen molar-refractivity contribution in [1.82, 2.24) is 0 Å².